The third-order valence-electron chi connectivity index (χ3n) is 12.9. The predicted molar refractivity (Wildman–Crippen MR) is 308 cm³/mol. The molecular formula is C56H79N13O12. The highest BCUT2D eigenvalue weighted by molar-refractivity contribution is 6.07. The zero-order chi connectivity index (χ0) is 59.4. The lowest BCUT2D eigenvalue weighted by atomic mass is 10.1. The topological polar surface area (TPSA) is 414 Å². The van der Waals surface area contributed by atoms with Crippen LogP contribution in [0.15, 0.2) is 72.8 Å². The fourth-order valence-corrected chi connectivity index (χ4v) is 8.33. The van der Waals surface area contributed by atoms with Gasteiger partial charge in [-0.3, -0.25) is 38.4 Å². The molecule has 0 aliphatic heterocycles. The van der Waals surface area contributed by atoms with Gasteiger partial charge in [-0.25, -0.2) is 0 Å². The normalized spacial score (nSPS) is 12.3. The van der Waals surface area contributed by atoms with Crippen LogP contribution in [-0.2, 0) is 19.2 Å². The summed E-state index contributed by atoms with van der Waals surface area (Å²) in [5, 5.41) is 19.3. The Morgan fingerprint density at radius 1 is 0.383 bits per heavy atom. The van der Waals surface area contributed by atoms with Gasteiger partial charge in [-0.15, -0.1) is 0 Å². The highest BCUT2D eigenvalue weighted by Crippen LogP contribution is 2.30. The Labute approximate surface area is 471 Å². The Hall–Kier alpha value is -8.36. The quantitative estimate of drug-likeness (QED) is 0.0295. The fraction of sp³-hybridized carbons (Fsp3) is 0.429. The van der Waals surface area contributed by atoms with Crippen molar-refractivity contribution in [3.05, 3.63) is 95.1 Å². The van der Waals surface area contributed by atoms with Crippen LogP contribution in [0.3, 0.4) is 0 Å². The van der Waals surface area contributed by atoms with Gasteiger partial charge in [-0.05, 0) is 170 Å². The number of nitrogens with two attached hydrogens (primary N) is 6. The lowest BCUT2D eigenvalue weighted by Gasteiger charge is -2.22. The molecule has 4 aromatic carbocycles. The molecule has 0 bridgehead atoms. The molecule has 25 heteroatoms. The van der Waals surface area contributed by atoms with Crippen molar-refractivity contribution in [2.75, 3.05) is 75.9 Å². The average molecular weight is 1130 g/mol. The molecule has 0 radical (unpaired) electrons. The summed E-state index contributed by atoms with van der Waals surface area (Å²) in [6.07, 6.45) is 5.24. The van der Waals surface area contributed by atoms with Crippen molar-refractivity contribution in [2.45, 2.75) is 101 Å². The molecule has 0 saturated carbocycles. The van der Waals surface area contributed by atoms with Crippen LogP contribution >= 0.6 is 0 Å². The molecule has 4 atom stereocenters. The summed E-state index contributed by atoms with van der Waals surface area (Å²) in [6.45, 7) is 1.46. The van der Waals surface area contributed by atoms with Crippen molar-refractivity contribution in [1.29, 1.82) is 0 Å². The van der Waals surface area contributed by atoms with E-state index in [1.165, 1.54) is 101 Å². The second-order valence-electron chi connectivity index (χ2n) is 18.8. The molecule has 0 spiro atoms. The standard InChI is InChI=1S/C56H79N13O12/c1-78-45-21-17-33(49(62)70)29-41(45)67-54(75)38(14-6-10-26-58)63-51(72)35-19-23-47(80-3)43(31-35)69-56(77)40(16-8-12-28-60)65-52(73)36-20-24-48(81-4)44(32-36)68-55(76)39(15-7-11-27-59)64-50(71)34-18-22-46(79-2)42(30-34)66-53(74)37(61)13-5-9-25-57/h17-24,29-32,37-40H,5-16,25-28,57-61H2,1-4H3,(H2,62,70)(H,63,72)(H,64,71)(H,65,73)(H,66,74)(H,67,75)(H,68,76)(H,69,77)/t37-,38-,39-,40-/m1/s1. The summed E-state index contributed by atoms with van der Waals surface area (Å²) in [4.78, 5) is 109. The monoisotopic (exact) mass is 1130 g/mol. The number of amides is 8. The van der Waals surface area contributed by atoms with Crippen LogP contribution in [0, 0.1) is 0 Å². The van der Waals surface area contributed by atoms with E-state index in [0.717, 1.165) is 0 Å². The molecule has 25 nitrogen and oxygen atoms in total. The van der Waals surface area contributed by atoms with E-state index >= 15 is 0 Å². The lowest BCUT2D eigenvalue weighted by molar-refractivity contribution is -0.118. The summed E-state index contributed by atoms with van der Waals surface area (Å²) in [7, 11) is 5.53. The van der Waals surface area contributed by atoms with Crippen LogP contribution in [0.4, 0.5) is 22.7 Å². The largest absolute Gasteiger partial charge is 0.495 e. The van der Waals surface area contributed by atoms with Crippen molar-refractivity contribution in [2.24, 2.45) is 34.4 Å². The van der Waals surface area contributed by atoms with Crippen molar-refractivity contribution < 1.29 is 57.3 Å². The second kappa shape index (κ2) is 33.9. The van der Waals surface area contributed by atoms with E-state index in [9.17, 15) is 38.4 Å². The maximum Gasteiger partial charge on any atom is 0.252 e. The number of hydrogen-bond donors (Lipinski definition) is 13. The minimum Gasteiger partial charge on any atom is -0.495 e. The van der Waals surface area contributed by atoms with E-state index in [0.29, 0.717) is 84.0 Å². The smallest absolute Gasteiger partial charge is 0.252 e. The number of benzene rings is 4. The summed E-state index contributed by atoms with van der Waals surface area (Å²) in [5.74, 6) is -4.29. The second-order valence-corrected chi connectivity index (χ2v) is 18.8. The number of ether oxygens (including phenoxy) is 4. The number of carbonyl (C=O) groups is 8. The first-order chi connectivity index (χ1) is 38.9. The molecule has 0 unspecified atom stereocenters. The fourth-order valence-electron chi connectivity index (χ4n) is 8.33. The van der Waals surface area contributed by atoms with Crippen LogP contribution in [-0.4, -0.2) is 126 Å². The first-order valence-corrected chi connectivity index (χ1v) is 26.7. The van der Waals surface area contributed by atoms with E-state index in [2.05, 4.69) is 37.2 Å². The molecule has 81 heavy (non-hydrogen) atoms. The van der Waals surface area contributed by atoms with Crippen LogP contribution in [0.25, 0.3) is 0 Å². The van der Waals surface area contributed by atoms with Crippen molar-refractivity contribution in [3.8, 4) is 23.0 Å². The van der Waals surface area contributed by atoms with E-state index in [1.807, 2.05) is 0 Å². The molecule has 0 aromatic heterocycles. The Balaban J connectivity index is 1.55. The molecule has 440 valence electrons. The number of hydrogen-bond acceptors (Lipinski definition) is 17. The van der Waals surface area contributed by atoms with Crippen LogP contribution in [0.2, 0.25) is 0 Å². The van der Waals surface area contributed by atoms with Gasteiger partial charge in [0.25, 0.3) is 17.7 Å². The number of nitrogens with one attached hydrogen (secondary N) is 7. The minimum absolute atomic E-state index is 0.0265. The van der Waals surface area contributed by atoms with Crippen LogP contribution < -0.4 is 90.6 Å². The number of anilines is 4. The first-order valence-electron chi connectivity index (χ1n) is 26.7. The van der Waals surface area contributed by atoms with Gasteiger partial charge in [0, 0.05) is 22.3 Å². The van der Waals surface area contributed by atoms with Gasteiger partial charge in [-0.1, -0.05) is 6.42 Å². The summed E-state index contributed by atoms with van der Waals surface area (Å²) < 4.78 is 21.9. The first kappa shape index (κ1) is 65.2. The number of primary amides is 1. The molecule has 4 rings (SSSR count). The van der Waals surface area contributed by atoms with Gasteiger partial charge >= 0.3 is 0 Å². The third kappa shape index (κ3) is 20.0. The molecule has 0 aliphatic carbocycles. The molecule has 0 heterocycles. The summed E-state index contributed by atoms with van der Waals surface area (Å²) >= 11 is 0. The van der Waals surface area contributed by atoms with Crippen molar-refractivity contribution in [1.82, 2.24) is 16.0 Å². The summed E-state index contributed by atoms with van der Waals surface area (Å²) in [6, 6.07) is 13.0. The average Bonchev–Trinajstić information content (AvgIpc) is 3.47. The maximum absolute atomic E-state index is 14.2. The van der Waals surface area contributed by atoms with E-state index in [4.69, 9.17) is 53.3 Å². The van der Waals surface area contributed by atoms with Crippen LogP contribution in [0.5, 0.6) is 23.0 Å². The Bertz CT molecular complexity index is 2800. The Kier molecular flexibility index (Phi) is 27.3. The van der Waals surface area contributed by atoms with Gasteiger partial charge < -0.3 is 90.6 Å². The summed E-state index contributed by atoms with van der Waals surface area (Å²) in [5.41, 5.74) is 35.3. The van der Waals surface area contributed by atoms with E-state index < -0.39 is 71.4 Å². The highest BCUT2D eigenvalue weighted by atomic mass is 16.5. The molecule has 19 N–H and O–H groups in total. The van der Waals surface area contributed by atoms with Gasteiger partial charge in [0.15, 0.2) is 0 Å². The number of rotatable bonds is 35. The van der Waals surface area contributed by atoms with Crippen LogP contribution in [0.1, 0.15) is 118 Å². The number of carbonyl (C=O) groups excluding carboxylic acids is 8. The Morgan fingerprint density at radius 2 is 0.642 bits per heavy atom. The van der Waals surface area contributed by atoms with Crippen molar-refractivity contribution >= 4 is 70.0 Å². The molecule has 0 saturated heterocycles. The number of unbranched alkanes of at least 4 members (excludes halogenated alkanes) is 4. The minimum atomic E-state index is -1.17. The van der Waals surface area contributed by atoms with Crippen molar-refractivity contribution in [3.63, 3.8) is 0 Å². The SMILES string of the molecule is COc1ccc(C(=O)N[C@H](CCCCN)C(=O)Nc2cc(C(=O)N[C@H](CCCCN)C(=O)Nc3cc(C(=O)N[C@H](CCCCN)C(=O)Nc4cc(C(N)=O)ccc4OC)ccc3OC)ccc2OC)cc1NC(=O)[C@H](N)CCCCN. The number of methoxy groups -OCH3 is 4. The highest BCUT2D eigenvalue weighted by Gasteiger charge is 2.28. The lowest BCUT2D eigenvalue weighted by Crippen LogP contribution is -2.44. The van der Waals surface area contributed by atoms with Gasteiger partial charge in [0.2, 0.25) is 29.5 Å². The van der Waals surface area contributed by atoms with Gasteiger partial charge in [0.05, 0.1) is 57.2 Å². The molecular weight excluding hydrogens is 1050 g/mol. The van der Waals surface area contributed by atoms with E-state index in [-0.39, 0.29) is 87.3 Å². The maximum atomic E-state index is 14.2. The zero-order valence-electron chi connectivity index (χ0n) is 46.4. The molecule has 0 aliphatic rings. The molecule has 0 fully saturated rings. The Morgan fingerprint density at radius 3 is 0.914 bits per heavy atom. The zero-order valence-corrected chi connectivity index (χ0v) is 46.4. The molecule has 4 aromatic rings. The van der Waals surface area contributed by atoms with Gasteiger partial charge in [-0.2, -0.15) is 0 Å². The van der Waals surface area contributed by atoms with E-state index in [1.54, 1.807) is 0 Å². The third-order valence-corrected chi connectivity index (χ3v) is 12.9. The predicted octanol–water partition coefficient (Wildman–Crippen LogP) is 2.81. The molecule has 8 amide bonds. The van der Waals surface area contributed by atoms with Gasteiger partial charge in [0.1, 0.15) is 41.1 Å².